The molecule has 0 aromatic carbocycles. The molecule has 2 bridgehead atoms. The van der Waals surface area contributed by atoms with Crippen LogP contribution in [-0.4, -0.2) is 125 Å². The molecule has 0 aromatic heterocycles. The van der Waals surface area contributed by atoms with Crippen LogP contribution in [0.3, 0.4) is 0 Å². The van der Waals surface area contributed by atoms with Gasteiger partial charge in [-0.2, -0.15) is 0 Å². The molecule has 4 aliphatic rings. The van der Waals surface area contributed by atoms with E-state index in [1.165, 1.54) is 10.5 Å². The molecule has 110 heavy (non-hydrogen) atoms. The molecule has 2 saturated heterocycles. The van der Waals surface area contributed by atoms with Crippen molar-refractivity contribution in [1.82, 2.24) is 10.5 Å². The summed E-state index contributed by atoms with van der Waals surface area (Å²) in [6, 6.07) is -1.06. The summed E-state index contributed by atoms with van der Waals surface area (Å²) in [4.78, 5) is 64.7. The van der Waals surface area contributed by atoms with Crippen molar-refractivity contribution in [3.05, 3.63) is 35.5 Å². The smallest absolute Gasteiger partial charge is 0.329 e. The second-order valence-electron chi connectivity index (χ2n) is 22.7. The van der Waals surface area contributed by atoms with Crippen molar-refractivity contribution in [1.29, 1.82) is 0 Å². The number of carbonyl (C=O) groups excluding carboxylic acids is 4. The molecule has 3 fully saturated rings. The lowest BCUT2D eigenvalue weighted by Gasteiger charge is -2.47. The number of Topliss-reactive ketones (excluding diaryl/α,β-unsaturated/α-hetero) is 1. The standard InChI is InChI=1S/C43H67NO11.C43H4.H3NO11.31H2/c1-10-31-20-25(2)19-26(3)21-36(52-8)39-37(53-9)23-29(6)43(50,55-39)40(47)41(48)44-18-12-11-13-32(44)42(49)54-38(27(4)14-16-33(31)45)28(5)22-30-15-17-34(46)35(24-30)51-7;1-3-5-7-9-11-13-15-17-19-21-23-25-27-29-31-33-35-37-39-41-43-42-40-38-36-34-32-30-28-26-24-22-20-18-16-14-12-10-8-6-4-2;2-6-10-8-4-1-5-9-12-11-7-3;;;;;;;;;;;;;;;;;;;;;;;;;;;;;;;/h14,16,20,22,26-27,29-32,34-39,46,50H,10-13,15,17-19,21,23-24H2,1-9H3;1H,2H3;1-3H;31*1H/b16-14+,25-20+,28-22+;;;;;;;;;;;;;;;;;;;;;;;;;;;;;;;;;/t26-,27+,29+,30-,31+,32-,34+,35+,36-,37-,38-,39+,43+;;;;;;;;;;;;;;;;;;;;;;;;;;;;;;;;;/m0................................./s1. The van der Waals surface area contributed by atoms with Crippen molar-refractivity contribution in [3.63, 3.8) is 0 Å². The van der Waals surface area contributed by atoms with E-state index in [1.807, 2.05) is 33.8 Å². The number of ketones is 2. The molecule has 24 nitrogen and oxygen atoms in total. The first-order valence-corrected chi connectivity index (χ1v) is 33.1. The van der Waals surface area contributed by atoms with Gasteiger partial charge in [0.15, 0.2) is 5.78 Å². The molecule has 622 valence electrons. The average molecular weight is 1550 g/mol. The van der Waals surface area contributed by atoms with E-state index in [0.717, 1.165) is 17.6 Å². The molecule has 13 atom stereocenters. The van der Waals surface area contributed by atoms with Crippen LogP contribution >= 0.6 is 0 Å². The van der Waals surface area contributed by atoms with E-state index in [0.29, 0.717) is 44.9 Å². The Bertz CT molecular complexity index is 4840. The van der Waals surface area contributed by atoms with Crippen LogP contribution in [0.15, 0.2) is 35.5 Å². The molecular formula is C86H136N2O22. The van der Waals surface area contributed by atoms with Crippen LogP contribution in [0, 0.1) is 279 Å². The van der Waals surface area contributed by atoms with Gasteiger partial charge in [-0.3, -0.25) is 14.4 Å². The zero-order valence-corrected chi connectivity index (χ0v) is 61.7. The SMILES string of the molecule is C#CC#CC#CC#CC#CC#CC#CC#CC#CC#CC#CC#CC#CC#CC#CC#CC#CC#CC#CC#CC#CC.CC[C@@H]1/C=C(\C)C[C@H](C)C[C@H](OC)[C@H]2O[C@@](O)(C(=O)C(=O)N3CCCC[C@H]3C(=O)O[C@H](/C(C)=C/[C@@H]3CC[C@@H](O)[C@H](OC)C3)[C@H](C)/C=C/C1=O)[C@H](C)C[C@@H]2OC.OOOOONOOOOOO.[HH].[HH].[HH].[HH].[HH].[HH].[HH].[HH].[HH].[HH].[HH].[HH].[HH].[HH].[HH].[HH].[HH].[HH].[HH].[HH].[HH].[HH].[HH].[HH].[HH].[HH].[HH].[HH].[HH].[HH].[HH]. The van der Waals surface area contributed by atoms with Crippen molar-refractivity contribution >= 4 is 23.4 Å². The van der Waals surface area contributed by atoms with E-state index in [4.69, 9.17) is 40.6 Å². The maximum absolute atomic E-state index is 14.2. The fraction of sp³-hybridized carbons (Fsp3) is 0.395. The summed E-state index contributed by atoms with van der Waals surface area (Å²) in [5, 5.41) is 59.8. The highest BCUT2D eigenvalue weighted by molar-refractivity contribution is 6.39. The van der Waals surface area contributed by atoms with Crippen LogP contribution in [0.25, 0.3) is 0 Å². The van der Waals surface area contributed by atoms with Crippen molar-refractivity contribution < 1.29 is 153 Å². The Morgan fingerprint density at radius 1 is 0.609 bits per heavy atom. The molecule has 0 unspecified atom stereocenters. The molecule has 3 aliphatic heterocycles. The van der Waals surface area contributed by atoms with Crippen molar-refractivity contribution in [2.24, 2.45) is 29.6 Å². The van der Waals surface area contributed by atoms with Crippen LogP contribution in [0.2, 0.25) is 0 Å². The summed E-state index contributed by atoms with van der Waals surface area (Å²) in [5.74, 6) is 95.1. The summed E-state index contributed by atoms with van der Waals surface area (Å²) >= 11 is 0. The second-order valence-corrected chi connectivity index (χ2v) is 22.7. The van der Waals surface area contributed by atoms with E-state index in [9.17, 15) is 29.4 Å². The number of piperidine rings is 1. The number of hydrogen-bond acceptors (Lipinski definition) is 23. The number of carbonyl (C=O) groups is 4. The molecule has 1 amide bonds. The van der Waals surface area contributed by atoms with E-state index in [1.54, 1.807) is 47.3 Å². The van der Waals surface area contributed by atoms with Gasteiger partial charge in [-0.15, -0.1) is 6.42 Å². The van der Waals surface area contributed by atoms with Gasteiger partial charge in [0.05, 0.1) is 24.4 Å². The Hall–Kier alpha value is -12.5. The number of aliphatic hydroxyl groups is 2. The number of ether oxygens (including phenoxy) is 5. The predicted octanol–water partition coefficient (Wildman–Crippen LogP) is 12.5. The van der Waals surface area contributed by atoms with Gasteiger partial charge in [0.2, 0.25) is 5.79 Å². The number of hydrogen-bond donors (Lipinski definition) is 5. The minimum atomic E-state index is -2.47. The van der Waals surface area contributed by atoms with E-state index >= 15 is 0 Å². The van der Waals surface area contributed by atoms with Gasteiger partial charge < -0.3 is 38.8 Å². The van der Waals surface area contributed by atoms with Crippen LogP contribution in [-0.2, 0) is 88.1 Å². The highest BCUT2D eigenvalue weighted by Crippen LogP contribution is 2.39. The third kappa shape index (κ3) is 39.8. The molecule has 0 spiro atoms. The molecule has 5 N–H and O–H groups in total. The van der Waals surface area contributed by atoms with E-state index < -0.39 is 71.8 Å². The van der Waals surface area contributed by atoms with Crippen LogP contribution in [0.1, 0.15) is 157 Å². The quantitative estimate of drug-likeness (QED) is 0.0194. The maximum Gasteiger partial charge on any atom is 0.329 e. The lowest BCUT2D eigenvalue weighted by molar-refractivity contribution is -0.781. The number of nitrogens with zero attached hydrogens (tertiary/aromatic N) is 1. The van der Waals surface area contributed by atoms with Crippen LogP contribution in [0.5, 0.6) is 0 Å². The number of allylic oxidation sites excluding steroid dienone is 4. The van der Waals surface area contributed by atoms with Gasteiger partial charge in [-0.05, 0) is 244 Å². The first-order chi connectivity index (χ1) is 53.4. The largest absolute Gasteiger partial charge is 0.456 e. The van der Waals surface area contributed by atoms with Crippen molar-refractivity contribution in [2.45, 2.75) is 161 Å². The minimum Gasteiger partial charge on any atom is -0.456 e. The monoisotopic (exact) mass is 1550 g/mol. The molecule has 0 radical (unpaired) electrons. The van der Waals surface area contributed by atoms with Crippen molar-refractivity contribution in [3.8, 4) is 249 Å². The number of cyclic esters (lactones) is 1. The number of fused-ring (bicyclic) bond motifs is 3. The summed E-state index contributed by atoms with van der Waals surface area (Å²) in [6.45, 7) is 13.3. The molecule has 3 heterocycles. The topological polar surface area (TPSA) is 294 Å². The molecule has 24 heteroatoms. The summed E-state index contributed by atoms with van der Waals surface area (Å²) in [5.41, 5.74) is 3.20. The second kappa shape index (κ2) is 59.7. The number of nitrogens with one attached hydrogen (secondary N) is 1. The first-order valence-electron chi connectivity index (χ1n) is 33.1. The number of terminal acetylenes is 1. The molecule has 1 aliphatic carbocycles. The number of esters is 1. The lowest BCUT2D eigenvalue weighted by atomic mass is 9.82. The molecule has 4 rings (SSSR count). The van der Waals surface area contributed by atoms with Gasteiger partial charge in [-0.25, -0.2) is 15.3 Å². The number of methoxy groups -OCH3 is 3. The fourth-order valence-corrected chi connectivity index (χ4v) is 10.4. The summed E-state index contributed by atoms with van der Waals surface area (Å²) < 4.78 is 29.8. The lowest BCUT2D eigenvalue weighted by Crippen LogP contribution is -2.64. The van der Waals surface area contributed by atoms with Gasteiger partial charge in [-0.1, -0.05) is 67.4 Å². The third-order valence-electron chi connectivity index (χ3n) is 15.2. The van der Waals surface area contributed by atoms with Gasteiger partial charge in [0, 0.05) is 232 Å². The number of amides is 1. The normalized spacial score (nSPS) is 23.2. The summed E-state index contributed by atoms with van der Waals surface area (Å²) in [7, 11) is 4.68. The Kier molecular flexibility index (Phi) is 50.8. The zero-order chi connectivity index (χ0) is 80.7. The Balaban J connectivity index is -0.0000000471. The Morgan fingerprint density at radius 2 is 1.05 bits per heavy atom. The van der Waals surface area contributed by atoms with Gasteiger partial charge >= 0.3 is 5.97 Å². The first kappa shape index (κ1) is 93.6. The maximum atomic E-state index is 14.2. The van der Waals surface area contributed by atoms with E-state index in [2.05, 4.69) is 301 Å². The van der Waals surface area contributed by atoms with Crippen LogP contribution < -0.4 is 5.64 Å². The summed E-state index contributed by atoms with van der Waals surface area (Å²) in [6.07, 6.45) is 14.2. The minimum absolute atomic E-state index is 0. The van der Waals surface area contributed by atoms with Gasteiger partial charge in [0.1, 0.15) is 18.2 Å². The zero-order valence-electron chi connectivity index (χ0n) is 61.7. The molecule has 1 saturated carbocycles. The number of aliphatic hydroxyl groups excluding tert-OH is 1. The highest BCUT2D eigenvalue weighted by atomic mass is 17.8. The Morgan fingerprint density at radius 3 is 1.48 bits per heavy atom. The average Bonchev–Trinajstić information content (AvgIpc) is 0.821. The Labute approximate surface area is 689 Å². The predicted molar refractivity (Wildman–Crippen MR) is 460 cm³/mol. The molecular weight excluding hydrogens is 1410 g/mol. The van der Waals surface area contributed by atoms with Crippen LogP contribution in [0.4, 0.5) is 0 Å². The molecule has 0 aromatic rings. The van der Waals surface area contributed by atoms with Crippen molar-refractivity contribution in [2.75, 3.05) is 27.9 Å². The third-order valence-corrected chi connectivity index (χ3v) is 15.2. The number of rotatable bonds is 15. The fourth-order valence-electron chi connectivity index (χ4n) is 10.4. The van der Waals surface area contributed by atoms with E-state index in [-0.39, 0.29) is 93.3 Å². The van der Waals surface area contributed by atoms with Gasteiger partial charge in [0.25, 0.3) is 11.7 Å². The highest BCUT2D eigenvalue weighted by Gasteiger charge is 2.56.